The average Bonchev–Trinajstić information content (AvgIpc) is 2.27. The molecule has 1 aromatic carbocycles. The monoisotopic (exact) mass is 285 g/mol. The Morgan fingerprint density at radius 2 is 2.22 bits per heavy atom. The minimum Gasteiger partial charge on any atom is -0.508 e. The van der Waals surface area contributed by atoms with Crippen LogP contribution in [0.4, 0.5) is 0 Å². The van der Waals surface area contributed by atoms with Crippen molar-refractivity contribution < 1.29 is 13.5 Å². The van der Waals surface area contributed by atoms with Crippen LogP contribution in [0.2, 0.25) is 0 Å². The molecule has 1 aliphatic rings. The highest BCUT2D eigenvalue weighted by Gasteiger charge is 2.28. The van der Waals surface area contributed by atoms with Gasteiger partial charge in [0.2, 0.25) is 0 Å². The third-order valence-corrected chi connectivity index (χ3v) is 4.38. The van der Waals surface area contributed by atoms with Crippen LogP contribution in [0.15, 0.2) is 28.2 Å². The molecule has 0 radical (unpaired) electrons. The van der Waals surface area contributed by atoms with E-state index in [-0.39, 0.29) is 27.9 Å². The van der Waals surface area contributed by atoms with Crippen molar-refractivity contribution in [3.8, 4) is 5.75 Å². The lowest BCUT2D eigenvalue weighted by Crippen LogP contribution is -2.28. The van der Waals surface area contributed by atoms with E-state index < -0.39 is 9.84 Å². The predicted octanol–water partition coefficient (Wildman–Crippen LogP) is 0.107. The molecule has 0 atom stereocenters. The number of nitrogens with one attached hydrogen (secondary N) is 1. The van der Waals surface area contributed by atoms with Crippen LogP contribution in [-0.2, 0) is 9.84 Å². The first-order chi connectivity index (χ1) is 8.40. The molecule has 0 saturated heterocycles. The molecule has 1 aromatic rings. The summed E-state index contributed by atoms with van der Waals surface area (Å²) < 4.78 is 23.7. The highest BCUT2D eigenvalue weighted by Crippen LogP contribution is 2.28. The van der Waals surface area contributed by atoms with Gasteiger partial charge in [0.15, 0.2) is 14.9 Å². The Kier molecular flexibility index (Phi) is 3.22. The third kappa shape index (κ3) is 2.44. The number of rotatable bonds is 1. The van der Waals surface area contributed by atoms with Crippen LogP contribution in [0.3, 0.4) is 0 Å². The zero-order valence-electron chi connectivity index (χ0n) is 9.25. The van der Waals surface area contributed by atoms with Gasteiger partial charge >= 0.3 is 0 Å². The van der Waals surface area contributed by atoms with E-state index in [0.29, 0.717) is 11.3 Å². The Hall–Kier alpha value is -1.67. The Balaban J connectivity index is 2.54. The van der Waals surface area contributed by atoms with Gasteiger partial charge in [-0.2, -0.15) is 5.10 Å². The smallest absolute Gasteiger partial charge is 0.184 e. The maximum absolute atomic E-state index is 11.9. The van der Waals surface area contributed by atoms with E-state index in [0.717, 1.165) is 0 Å². The fourth-order valence-electron chi connectivity index (χ4n) is 1.73. The fraction of sp³-hybridized carbons (Fsp3) is 0.200. The van der Waals surface area contributed by atoms with Crippen LogP contribution in [0.25, 0.3) is 0 Å². The molecule has 18 heavy (non-hydrogen) atoms. The number of aromatic hydroxyl groups is 1. The Labute approximate surface area is 109 Å². The first kappa shape index (κ1) is 12.8. The van der Waals surface area contributed by atoms with Crippen LogP contribution in [0.1, 0.15) is 12.0 Å². The van der Waals surface area contributed by atoms with Gasteiger partial charge in [-0.3, -0.25) is 5.43 Å². The number of phenolic OH excluding ortho intramolecular Hbond substituents is 1. The summed E-state index contributed by atoms with van der Waals surface area (Å²) in [5.74, 6) is -0.0447. The quantitative estimate of drug-likeness (QED) is 0.499. The first-order valence-electron chi connectivity index (χ1n) is 5.08. The minimum absolute atomic E-state index is 0.00219. The van der Waals surface area contributed by atoms with Crippen molar-refractivity contribution in [1.82, 2.24) is 5.43 Å². The first-order valence-corrected chi connectivity index (χ1v) is 7.14. The molecule has 6 nitrogen and oxygen atoms in total. The van der Waals surface area contributed by atoms with Crippen LogP contribution < -0.4 is 11.2 Å². The van der Waals surface area contributed by atoms with Crippen LogP contribution in [0, 0.1) is 0 Å². The molecule has 2 rings (SSSR count). The second-order valence-electron chi connectivity index (χ2n) is 3.78. The third-order valence-electron chi connectivity index (χ3n) is 2.52. The molecule has 1 heterocycles. The summed E-state index contributed by atoms with van der Waals surface area (Å²) in [7, 11) is -3.31. The number of benzene rings is 1. The summed E-state index contributed by atoms with van der Waals surface area (Å²) >= 11 is 4.63. The summed E-state index contributed by atoms with van der Waals surface area (Å²) in [6.07, 6.45) is 0.244. The Morgan fingerprint density at radius 1 is 1.50 bits per heavy atom. The summed E-state index contributed by atoms with van der Waals surface area (Å²) in [5.41, 5.74) is 8.56. The maximum atomic E-state index is 11.9. The molecule has 0 aliphatic carbocycles. The number of nitrogens with zero attached hydrogens (tertiary/aromatic N) is 1. The molecular weight excluding hydrogens is 274 g/mol. The number of hydrogen-bond donors (Lipinski definition) is 3. The number of nitrogens with two attached hydrogens (primary N) is 1. The van der Waals surface area contributed by atoms with Gasteiger partial charge in [0.1, 0.15) is 5.75 Å². The number of hydrogen-bond acceptors (Lipinski definition) is 5. The molecule has 0 amide bonds. The number of phenols is 1. The second kappa shape index (κ2) is 4.54. The van der Waals surface area contributed by atoms with Crippen molar-refractivity contribution in [2.24, 2.45) is 10.8 Å². The van der Waals surface area contributed by atoms with Crippen molar-refractivity contribution in [3.05, 3.63) is 23.8 Å². The largest absolute Gasteiger partial charge is 0.508 e. The molecule has 8 heteroatoms. The van der Waals surface area contributed by atoms with Gasteiger partial charge in [0.25, 0.3) is 0 Å². The lowest BCUT2D eigenvalue weighted by Gasteiger charge is -2.18. The Bertz CT molecular complexity index is 638. The second-order valence-corrected chi connectivity index (χ2v) is 6.30. The maximum Gasteiger partial charge on any atom is 0.184 e. The topological polar surface area (TPSA) is 105 Å². The molecule has 1 aliphatic heterocycles. The van der Waals surface area contributed by atoms with Crippen molar-refractivity contribution in [2.75, 3.05) is 5.75 Å². The van der Waals surface area contributed by atoms with Crippen LogP contribution in [0.5, 0.6) is 5.75 Å². The highest BCUT2D eigenvalue weighted by molar-refractivity contribution is 7.91. The van der Waals surface area contributed by atoms with E-state index in [9.17, 15) is 13.5 Å². The number of thiocarbonyl (C=S) groups is 1. The molecule has 0 spiro atoms. The van der Waals surface area contributed by atoms with Gasteiger partial charge in [0.05, 0.1) is 16.4 Å². The standard InChI is InChI=1S/C10H11N3O3S2/c11-10(17)13-12-8-3-4-18(15,16)9-2-1-6(14)5-7(8)9/h1-2,5,14H,3-4H2,(H3,11,13,17)/b12-8+. The van der Waals surface area contributed by atoms with Crippen molar-refractivity contribution in [1.29, 1.82) is 0 Å². The average molecular weight is 285 g/mol. The van der Waals surface area contributed by atoms with E-state index in [1.54, 1.807) is 0 Å². The zero-order valence-corrected chi connectivity index (χ0v) is 10.9. The highest BCUT2D eigenvalue weighted by atomic mass is 32.2. The van der Waals surface area contributed by atoms with Gasteiger partial charge in [-0.25, -0.2) is 8.42 Å². The number of sulfone groups is 1. The van der Waals surface area contributed by atoms with E-state index in [1.807, 2.05) is 0 Å². The summed E-state index contributed by atoms with van der Waals surface area (Å²) in [6, 6.07) is 4.07. The zero-order chi connectivity index (χ0) is 13.3. The van der Waals surface area contributed by atoms with Gasteiger partial charge < -0.3 is 10.8 Å². The van der Waals surface area contributed by atoms with Crippen molar-refractivity contribution in [3.63, 3.8) is 0 Å². The van der Waals surface area contributed by atoms with Crippen molar-refractivity contribution >= 4 is 32.9 Å². The van der Waals surface area contributed by atoms with E-state index >= 15 is 0 Å². The lowest BCUT2D eigenvalue weighted by atomic mass is 10.1. The molecule has 96 valence electrons. The normalized spacial score (nSPS) is 19.2. The molecule has 0 unspecified atom stereocenters. The Morgan fingerprint density at radius 3 is 2.89 bits per heavy atom. The van der Waals surface area contributed by atoms with Crippen LogP contribution >= 0.6 is 12.2 Å². The summed E-state index contributed by atoms with van der Waals surface area (Å²) in [5, 5.41) is 13.4. The van der Waals surface area contributed by atoms with Gasteiger partial charge in [-0.05, 0) is 30.4 Å². The number of hydrazone groups is 1. The van der Waals surface area contributed by atoms with E-state index in [4.69, 9.17) is 5.73 Å². The lowest BCUT2D eigenvalue weighted by molar-refractivity contribution is 0.474. The molecule has 4 N–H and O–H groups in total. The summed E-state index contributed by atoms with van der Waals surface area (Å²) in [6.45, 7) is 0. The van der Waals surface area contributed by atoms with E-state index in [2.05, 4.69) is 22.7 Å². The predicted molar refractivity (Wildman–Crippen MR) is 71.2 cm³/mol. The SMILES string of the molecule is NC(=S)N/N=C1\CCS(=O)(=O)c2ccc(O)cc21. The molecule has 0 saturated carbocycles. The molecular formula is C10H11N3O3S2. The van der Waals surface area contributed by atoms with Gasteiger partial charge in [-0.1, -0.05) is 0 Å². The van der Waals surface area contributed by atoms with Crippen molar-refractivity contribution in [2.45, 2.75) is 11.3 Å². The minimum atomic E-state index is -3.31. The molecule has 0 bridgehead atoms. The van der Waals surface area contributed by atoms with Crippen LogP contribution in [-0.4, -0.2) is 30.1 Å². The fourth-order valence-corrected chi connectivity index (χ4v) is 3.24. The summed E-state index contributed by atoms with van der Waals surface area (Å²) in [4.78, 5) is 0.162. The molecule has 0 aromatic heterocycles. The number of fused-ring (bicyclic) bond motifs is 1. The van der Waals surface area contributed by atoms with E-state index in [1.165, 1.54) is 18.2 Å². The van der Waals surface area contributed by atoms with Gasteiger partial charge in [0, 0.05) is 12.0 Å². The molecule has 0 fully saturated rings. The van der Waals surface area contributed by atoms with Gasteiger partial charge in [-0.15, -0.1) is 0 Å².